The molecule has 1 saturated heterocycles. The summed E-state index contributed by atoms with van der Waals surface area (Å²) in [4.78, 5) is 16.3. The Morgan fingerprint density at radius 3 is 2.38 bits per heavy atom. The lowest BCUT2D eigenvalue weighted by Crippen LogP contribution is -2.27. The minimum Gasteiger partial charge on any atom is -0.304 e. The van der Waals surface area contributed by atoms with E-state index in [0.717, 1.165) is 5.17 Å². The summed E-state index contributed by atoms with van der Waals surface area (Å²) in [6, 6.07) is 0.376. The molecule has 3 atom stereocenters. The molecule has 0 spiro atoms. The molecule has 90 valence electrons. The van der Waals surface area contributed by atoms with E-state index in [1.807, 2.05) is 0 Å². The molecule has 1 aliphatic carbocycles. The van der Waals surface area contributed by atoms with Crippen LogP contribution in [0.1, 0.15) is 34.6 Å². The van der Waals surface area contributed by atoms with Crippen molar-refractivity contribution in [2.75, 3.05) is 0 Å². The standard InChI is InChI=1S/C12H20N2OS/c1-6(2)8-10(15)14-11(16-8)13-9-7(3)12(9,4)5/h6-9H,1-5H3,(H,13,14,15). The number of thioether (sulfide) groups is 1. The molecule has 1 N–H and O–H groups in total. The number of hydrogen-bond donors (Lipinski definition) is 1. The Hall–Kier alpha value is -0.510. The van der Waals surface area contributed by atoms with Gasteiger partial charge in [0.15, 0.2) is 5.17 Å². The van der Waals surface area contributed by atoms with Gasteiger partial charge in [-0.25, -0.2) is 0 Å². The van der Waals surface area contributed by atoms with Crippen LogP contribution in [0.5, 0.6) is 0 Å². The molecule has 3 nitrogen and oxygen atoms in total. The van der Waals surface area contributed by atoms with E-state index in [9.17, 15) is 4.79 Å². The van der Waals surface area contributed by atoms with Gasteiger partial charge in [0, 0.05) is 0 Å². The van der Waals surface area contributed by atoms with Crippen LogP contribution in [0.25, 0.3) is 0 Å². The molecular weight excluding hydrogens is 220 g/mol. The van der Waals surface area contributed by atoms with Crippen LogP contribution < -0.4 is 5.32 Å². The van der Waals surface area contributed by atoms with Crippen molar-refractivity contribution in [1.82, 2.24) is 5.32 Å². The van der Waals surface area contributed by atoms with Gasteiger partial charge in [-0.2, -0.15) is 0 Å². The van der Waals surface area contributed by atoms with Crippen molar-refractivity contribution in [2.45, 2.75) is 45.9 Å². The van der Waals surface area contributed by atoms with Crippen molar-refractivity contribution >= 4 is 22.8 Å². The lowest BCUT2D eigenvalue weighted by molar-refractivity contribution is -0.119. The van der Waals surface area contributed by atoms with E-state index in [1.165, 1.54) is 0 Å². The summed E-state index contributed by atoms with van der Waals surface area (Å²) >= 11 is 1.59. The van der Waals surface area contributed by atoms with E-state index in [4.69, 9.17) is 0 Å². The SMILES string of the molecule is CC(C)C1SC(=NC2C(C)C2(C)C)NC1=O. The zero-order valence-corrected chi connectivity index (χ0v) is 11.4. The molecule has 2 fully saturated rings. The van der Waals surface area contributed by atoms with Crippen LogP contribution >= 0.6 is 11.8 Å². The lowest BCUT2D eigenvalue weighted by atomic mass is 10.1. The highest BCUT2D eigenvalue weighted by molar-refractivity contribution is 8.15. The summed E-state index contributed by atoms with van der Waals surface area (Å²) in [6.07, 6.45) is 0. The van der Waals surface area contributed by atoms with Gasteiger partial charge in [0.25, 0.3) is 0 Å². The van der Waals surface area contributed by atoms with Gasteiger partial charge in [-0.1, -0.05) is 46.4 Å². The van der Waals surface area contributed by atoms with Gasteiger partial charge >= 0.3 is 0 Å². The number of carbonyl (C=O) groups excluding carboxylic acids is 1. The second-order valence-electron chi connectivity index (χ2n) is 5.76. The van der Waals surface area contributed by atoms with E-state index >= 15 is 0 Å². The number of nitrogens with one attached hydrogen (secondary N) is 1. The number of aliphatic imine (C=N–C) groups is 1. The topological polar surface area (TPSA) is 41.5 Å². The second-order valence-corrected chi connectivity index (χ2v) is 6.89. The first-order valence-corrected chi connectivity index (χ1v) is 6.77. The van der Waals surface area contributed by atoms with Crippen molar-refractivity contribution in [1.29, 1.82) is 0 Å². The quantitative estimate of drug-likeness (QED) is 0.804. The summed E-state index contributed by atoms with van der Waals surface area (Å²) in [6.45, 7) is 10.8. The average Bonchev–Trinajstić information content (AvgIpc) is 2.57. The Morgan fingerprint density at radius 2 is 2.00 bits per heavy atom. The highest BCUT2D eigenvalue weighted by Crippen LogP contribution is 2.54. The van der Waals surface area contributed by atoms with Gasteiger partial charge < -0.3 is 5.32 Å². The van der Waals surface area contributed by atoms with Gasteiger partial charge in [0.05, 0.1) is 11.3 Å². The number of hydrogen-bond acceptors (Lipinski definition) is 3. The van der Waals surface area contributed by atoms with Crippen LogP contribution in [0.4, 0.5) is 0 Å². The molecule has 2 aliphatic rings. The minimum atomic E-state index is 0.0379. The smallest absolute Gasteiger partial charge is 0.239 e. The van der Waals surface area contributed by atoms with Gasteiger partial charge in [0.2, 0.25) is 5.91 Å². The molecule has 16 heavy (non-hydrogen) atoms. The maximum atomic E-state index is 11.7. The molecule has 2 rings (SSSR count). The molecule has 1 saturated carbocycles. The third kappa shape index (κ3) is 1.88. The predicted octanol–water partition coefficient (Wildman–Crippen LogP) is 2.27. The Bertz CT molecular complexity index is 349. The first-order chi connectivity index (χ1) is 7.34. The number of rotatable bonds is 2. The first kappa shape index (κ1) is 12.0. The normalized spacial score (nSPS) is 39.2. The Balaban J connectivity index is 2.04. The van der Waals surface area contributed by atoms with Crippen LogP contribution in [-0.2, 0) is 4.79 Å². The molecule has 0 bridgehead atoms. The highest BCUT2D eigenvalue weighted by atomic mass is 32.2. The van der Waals surface area contributed by atoms with Gasteiger partial charge in [-0.15, -0.1) is 0 Å². The second kappa shape index (κ2) is 3.76. The van der Waals surface area contributed by atoms with Crippen molar-refractivity contribution in [3.05, 3.63) is 0 Å². The molecule has 0 aromatic rings. The first-order valence-electron chi connectivity index (χ1n) is 5.89. The Kier molecular flexibility index (Phi) is 2.81. The Morgan fingerprint density at radius 1 is 1.44 bits per heavy atom. The van der Waals surface area contributed by atoms with Crippen LogP contribution in [0.3, 0.4) is 0 Å². The number of amides is 1. The van der Waals surface area contributed by atoms with E-state index in [-0.39, 0.29) is 11.2 Å². The van der Waals surface area contributed by atoms with E-state index in [1.54, 1.807) is 11.8 Å². The third-order valence-electron chi connectivity index (χ3n) is 3.89. The van der Waals surface area contributed by atoms with Crippen molar-refractivity contribution in [2.24, 2.45) is 22.2 Å². The number of carbonyl (C=O) groups is 1. The Labute approximate surface area is 101 Å². The molecule has 0 aromatic heterocycles. The average molecular weight is 240 g/mol. The van der Waals surface area contributed by atoms with Crippen LogP contribution in [0, 0.1) is 17.3 Å². The van der Waals surface area contributed by atoms with E-state index < -0.39 is 0 Å². The summed E-state index contributed by atoms with van der Waals surface area (Å²) in [5.74, 6) is 1.10. The monoisotopic (exact) mass is 240 g/mol. The van der Waals surface area contributed by atoms with Gasteiger partial charge in [-0.05, 0) is 17.3 Å². The minimum absolute atomic E-state index is 0.0379. The summed E-state index contributed by atoms with van der Waals surface area (Å²) in [7, 11) is 0. The fraction of sp³-hybridized carbons (Fsp3) is 0.833. The van der Waals surface area contributed by atoms with E-state index in [2.05, 4.69) is 44.9 Å². The molecule has 3 unspecified atom stereocenters. The van der Waals surface area contributed by atoms with Gasteiger partial charge in [-0.3, -0.25) is 9.79 Å². The molecule has 4 heteroatoms. The van der Waals surface area contributed by atoms with Gasteiger partial charge in [0.1, 0.15) is 0 Å². The third-order valence-corrected chi connectivity index (χ3v) is 5.33. The number of nitrogens with zero attached hydrogens (tertiary/aromatic N) is 1. The molecule has 1 aliphatic heterocycles. The summed E-state index contributed by atoms with van der Waals surface area (Å²) < 4.78 is 0. The molecule has 0 radical (unpaired) electrons. The van der Waals surface area contributed by atoms with Crippen molar-refractivity contribution in [3.63, 3.8) is 0 Å². The highest BCUT2D eigenvalue weighted by Gasteiger charge is 2.55. The molecular formula is C12H20N2OS. The fourth-order valence-electron chi connectivity index (χ4n) is 2.15. The van der Waals surface area contributed by atoms with Crippen LogP contribution in [0.2, 0.25) is 0 Å². The van der Waals surface area contributed by atoms with Crippen molar-refractivity contribution in [3.8, 4) is 0 Å². The maximum Gasteiger partial charge on any atom is 0.239 e. The van der Waals surface area contributed by atoms with Crippen LogP contribution in [0.15, 0.2) is 4.99 Å². The van der Waals surface area contributed by atoms with Crippen LogP contribution in [-0.4, -0.2) is 22.4 Å². The maximum absolute atomic E-state index is 11.7. The largest absolute Gasteiger partial charge is 0.304 e. The molecule has 0 aromatic carbocycles. The number of amidine groups is 1. The lowest BCUT2D eigenvalue weighted by Gasteiger charge is -2.07. The summed E-state index contributed by atoms with van der Waals surface area (Å²) in [5.41, 5.74) is 0.300. The molecule has 1 amide bonds. The van der Waals surface area contributed by atoms with E-state index in [0.29, 0.717) is 23.3 Å². The van der Waals surface area contributed by atoms with Crippen molar-refractivity contribution < 1.29 is 4.79 Å². The zero-order chi connectivity index (χ0) is 12.1. The zero-order valence-electron chi connectivity index (χ0n) is 10.6. The fourth-order valence-corrected chi connectivity index (χ4v) is 3.16. The summed E-state index contributed by atoms with van der Waals surface area (Å²) in [5, 5.41) is 3.75. The predicted molar refractivity (Wildman–Crippen MR) is 68.5 cm³/mol. The molecule has 1 heterocycles.